The lowest BCUT2D eigenvalue weighted by molar-refractivity contribution is -0.130. The summed E-state index contributed by atoms with van der Waals surface area (Å²) in [7, 11) is 1.54. The maximum absolute atomic E-state index is 13.0. The molecule has 1 aliphatic heterocycles. The van der Waals surface area contributed by atoms with Crippen LogP contribution >= 0.6 is 11.8 Å². The van der Waals surface area contributed by atoms with Crippen LogP contribution in [0.3, 0.4) is 0 Å². The molecule has 176 valence electrons. The fraction of sp³-hybridized carbons (Fsp3) is 0.375. The number of hydrogen-bond donors (Lipinski definition) is 1. The van der Waals surface area contributed by atoms with Crippen molar-refractivity contribution in [3.05, 3.63) is 59.9 Å². The summed E-state index contributed by atoms with van der Waals surface area (Å²) in [5.41, 5.74) is 1.02. The van der Waals surface area contributed by atoms with Gasteiger partial charge in [0.2, 0.25) is 11.8 Å². The summed E-state index contributed by atoms with van der Waals surface area (Å²) in [4.78, 5) is 41.5. The molecule has 1 N–H and O–H groups in total. The van der Waals surface area contributed by atoms with Crippen LogP contribution in [0.15, 0.2) is 48.5 Å². The summed E-state index contributed by atoms with van der Waals surface area (Å²) >= 11 is 1.25. The number of carbonyl (C=O) groups is 3. The molecule has 1 fully saturated rings. The highest BCUT2D eigenvalue weighted by molar-refractivity contribution is 8.01. The van der Waals surface area contributed by atoms with E-state index in [2.05, 4.69) is 5.32 Å². The van der Waals surface area contributed by atoms with Gasteiger partial charge in [-0.15, -0.1) is 11.8 Å². The zero-order valence-electron chi connectivity index (χ0n) is 18.8. The summed E-state index contributed by atoms with van der Waals surface area (Å²) in [5.74, 6) is -0.152. The van der Waals surface area contributed by atoms with Crippen LogP contribution in [-0.4, -0.2) is 71.8 Å². The lowest BCUT2D eigenvalue weighted by Gasteiger charge is -2.25. The average molecular weight is 474 g/mol. The van der Waals surface area contributed by atoms with E-state index in [4.69, 9.17) is 4.74 Å². The molecule has 0 aromatic heterocycles. The lowest BCUT2D eigenvalue weighted by Crippen LogP contribution is -2.40. The van der Waals surface area contributed by atoms with Gasteiger partial charge in [0.1, 0.15) is 11.6 Å². The Kier molecular flexibility index (Phi) is 8.71. The van der Waals surface area contributed by atoms with Crippen molar-refractivity contribution in [2.24, 2.45) is 0 Å². The molecule has 1 heterocycles. The molecule has 0 aliphatic carbocycles. The van der Waals surface area contributed by atoms with Gasteiger partial charge in [-0.25, -0.2) is 4.39 Å². The molecule has 3 amide bonds. The predicted octanol–water partition coefficient (Wildman–Crippen LogP) is 3.27. The number of methoxy groups -OCH3 is 1. The molecule has 0 saturated carbocycles. The summed E-state index contributed by atoms with van der Waals surface area (Å²) in [6.07, 6.45) is 0.676. The number of nitrogens with zero attached hydrogens (tertiary/aromatic N) is 2. The topological polar surface area (TPSA) is 79.0 Å². The third-order valence-corrected chi connectivity index (χ3v) is 6.50. The van der Waals surface area contributed by atoms with Crippen LogP contribution in [0, 0.1) is 5.82 Å². The van der Waals surface area contributed by atoms with Crippen molar-refractivity contribution in [1.82, 2.24) is 9.80 Å². The first-order valence-electron chi connectivity index (χ1n) is 10.8. The van der Waals surface area contributed by atoms with Crippen LogP contribution in [0.1, 0.15) is 23.7 Å². The van der Waals surface area contributed by atoms with Crippen LogP contribution in [-0.2, 0) is 9.59 Å². The molecule has 1 aliphatic rings. The van der Waals surface area contributed by atoms with E-state index in [-0.39, 0.29) is 29.3 Å². The van der Waals surface area contributed by atoms with E-state index in [1.54, 1.807) is 34.9 Å². The quantitative estimate of drug-likeness (QED) is 0.668. The van der Waals surface area contributed by atoms with Gasteiger partial charge >= 0.3 is 0 Å². The number of nitrogens with one attached hydrogen (secondary N) is 1. The second kappa shape index (κ2) is 11.7. The van der Waals surface area contributed by atoms with Crippen molar-refractivity contribution in [1.29, 1.82) is 0 Å². The van der Waals surface area contributed by atoms with E-state index in [0.717, 1.165) is 0 Å². The molecule has 33 heavy (non-hydrogen) atoms. The first-order valence-corrected chi connectivity index (χ1v) is 11.8. The Morgan fingerprint density at radius 2 is 1.70 bits per heavy atom. The number of para-hydroxylation sites is 1. The normalized spacial score (nSPS) is 14.9. The van der Waals surface area contributed by atoms with Gasteiger partial charge in [-0.05, 0) is 49.7 Å². The van der Waals surface area contributed by atoms with E-state index in [0.29, 0.717) is 49.6 Å². The molecular weight excluding hydrogens is 445 g/mol. The summed E-state index contributed by atoms with van der Waals surface area (Å²) in [6.45, 7) is 3.77. The van der Waals surface area contributed by atoms with Crippen molar-refractivity contribution in [3.8, 4) is 5.75 Å². The minimum Gasteiger partial charge on any atom is -0.496 e. The molecule has 0 bridgehead atoms. The van der Waals surface area contributed by atoms with Crippen molar-refractivity contribution in [2.45, 2.75) is 18.6 Å². The van der Waals surface area contributed by atoms with Gasteiger partial charge in [-0.3, -0.25) is 14.4 Å². The van der Waals surface area contributed by atoms with Crippen molar-refractivity contribution in [2.75, 3.05) is 44.4 Å². The van der Waals surface area contributed by atoms with Gasteiger partial charge in [-0.1, -0.05) is 12.1 Å². The van der Waals surface area contributed by atoms with Gasteiger partial charge in [0.05, 0.1) is 23.7 Å². The number of hydrogen-bond acceptors (Lipinski definition) is 5. The SMILES string of the molecule is COc1ccccc1C(=O)N1CCCN(C(=O)C(C)SCC(=O)Nc2ccc(F)cc2)CC1. The molecule has 1 saturated heterocycles. The van der Waals surface area contributed by atoms with E-state index < -0.39 is 5.25 Å². The number of anilines is 1. The van der Waals surface area contributed by atoms with Gasteiger partial charge in [0.15, 0.2) is 0 Å². The highest BCUT2D eigenvalue weighted by Crippen LogP contribution is 2.21. The number of ether oxygens (including phenoxy) is 1. The Balaban J connectivity index is 1.49. The number of halogens is 1. The number of thioether (sulfide) groups is 1. The molecule has 9 heteroatoms. The van der Waals surface area contributed by atoms with Gasteiger partial charge in [-0.2, -0.15) is 0 Å². The van der Waals surface area contributed by atoms with Gasteiger partial charge < -0.3 is 19.9 Å². The van der Waals surface area contributed by atoms with Crippen LogP contribution in [0.4, 0.5) is 10.1 Å². The number of amides is 3. The Hall–Kier alpha value is -3.07. The minimum absolute atomic E-state index is 0.0545. The van der Waals surface area contributed by atoms with E-state index in [9.17, 15) is 18.8 Å². The van der Waals surface area contributed by atoms with Crippen molar-refractivity contribution >= 4 is 35.2 Å². The molecule has 1 unspecified atom stereocenters. The Morgan fingerprint density at radius 1 is 1.03 bits per heavy atom. The highest BCUT2D eigenvalue weighted by atomic mass is 32.2. The number of rotatable bonds is 7. The smallest absolute Gasteiger partial charge is 0.257 e. The molecule has 7 nitrogen and oxygen atoms in total. The molecule has 0 radical (unpaired) electrons. The summed E-state index contributed by atoms with van der Waals surface area (Å²) in [6, 6.07) is 12.6. The standard InChI is InChI=1S/C24H28FN3O4S/c1-17(33-16-22(29)26-19-10-8-18(25)9-11-19)23(30)27-12-5-13-28(15-14-27)24(31)20-6-3-4-7-21(20)32-2/h3-4,6-11,17H,5,12-16H2,1-2H3,(H,26,29). The van der Waals surface area contributed by atoms with Crippen LogP contribution in [0.25, 0.3) is 0 Å². The Bertz CT molecular complexity index is 986. The molecule has 3 rings (SSSR count). The van der Waals surface area contributed by atoms with Gasteiger partial charge in [0.25, 0.3) is 5.91 Å². The summed E-state index contributed by atoms with van der Waals surface area (Å²) < 4.78 is 18.3. The van der Waals surface area contributed by atoms with Crippen LogP contribution < -0.4 is 10.1 Å². The molecular formula is C24H28FN3O4S. The van der Waals surface area contributed by atoms with E-state index >= 15 is 0 Å². The molecule has 1 atom stereocenters. The predicted molar refractivity (Wildman–Crippen MR) is 127 cm³/mol. The Morgan fingerprint density at radius 3 is 2.42 bits per heavy atom. The third kappa shape index (κ3) is 6.71. The second-order valence-electron chi connectivity index (χ2n) is 7.68. The largest absolute Gasteiger partial charge is 0.496 e. The maximum atomic E-state index is 13.0. The molecule has 2 aromatic carbocycles. The maximum Gasteiger partial charge on any atom is 0.257 e. The first-order chi connectivity index (χ1) is 15.9. The highest BCUT2D eigenvalue weighted by Gasteiger charge is 2.27. The van der Waals surface area contributed by atoms with Crippen molar-refractivity contribution < 1.29 is 23.5 Å². The zero-order chi connectivity index (χ0) is 23.8. The van der Waals surface area contributed by atoms with Crippen LogP contribution in [0.5, 0.6) is 5.75 Å². The monoisotopic (exact) mass is 473 g/mol. The van der Waals surface area contributed by atoms with E-state index in [1.807, 2.05) is 6.07 Å². The second-order valence-corrected chi connectivity index (χ2v) is 9.01. The summed E-state index contributed by atoms with van der Waals surface area (Å²) in [5, 5.41) is 2.29. The number of carbonyl (C=O) groups excluding carboxylic acids is 3. The Labute approximate surface area is 197 Å². The number of benzene rings is 2. The minimum atomic E-state index is -0.402. The van der Waals surface area contributed by atoms with Crippen LogP contribution in [0.2, 0.25) is 0 Å². The molecule has 2 aromatic rings. The molecule has 0 spiro atoms. The fourth-order valence-electron chi connectivity index (χ4n) is 3.59. The van der Waals surface area contributed by atoms with E-state index in [1.165, 1.54) is 43.1 Å². The fourth-order valence-corrected chi connectivity index (χ4v) is 4.36. The first kappa shape index (κ1) is 24.6. The van der Waals surface area contributed by atoms with Crippen molar-refractivity contribution in [3.63, 3.8) is 0 Å². The lowest BCUT2D eigenvalue weighted by atomic mass is 10.1. The third-order valence-electron chi connectivity index (χ3n) is 5.37. The van der Waals surface area contributed by atoms with Gasteiger partial charge in [0, 0.05) is 31.9 Å². The average Bonchev–Trinajstić information content (AvgIpc) is 3.09. The zero-order valence-corrected chi connectivity index (χ0v) is 19.6.